The number of nitrogens with two attached hydrogens (primary N) is 1. The number of primary amides is 1. The first-order chi connectivity index (χ1) is 17.0. The van der Waals surface area contributed by atoms with Gasteiger partial charge in [-0.25, -0.2) is 9.37 Å². The molecule has 15 heteroatoms. The normalized spacial score (nSPS) is 23.4. The van der Waals surface area contributed by atoms with Gasteiger partial charge in [-0.3, -0.25) is 9.59 Å². The Hall–Kier alpha value is -3.29. The Morgan fingerprint density at radius 1 is 1.03 bits per heavy atom. The summed E-state index contributed by atoms with van der Waals surface area (Å²) in [4.78, 5) is 26.9. The molecule has 0 spiro atoms. The van der Waals surface area contributed by atoms with Crippen LogP contribution in [0.25, 0.3) is 0 Å². The maximum Gasteiger partial charge on any atom is 0.433 e. The van der Waals surface area contributed by atoms with Gasteiger partial charge in [0.05, 0.1) is 5.02 Å². The lowest BCUT2D eigenvalue weighted by molar-refractivity contribution is -0.208. The van der Waals surface area contributed by atoms with Gasteiger partial charge >= 0.3 is 12.4 Å². The quantitative estimate of drug-likeness (QED) is 0.474. The fourth-order valence-corrected chi connectivity index (χ4v) is 4.93. The lowest BCUT2D eigenvalue weighted by atomic mass is 9.37. The number of halogens is 8. The van der Waals surface area contributed by atoms with Crippen molar-refractivity contribution in [2.24, 2.45) is 11.1 Å². The van der Waals surface area contributed by atoms with E-state index in [1.54, 1.807) is 0 Å². The fourth-order valence-electron chi connectivity index (χ4n) is 4.81. The second-order valence-corrected chi connectivity index (χ2v) is 9.46. The van der Waals surface area contributed by atoms with Crippen molar-refractivity contribution in [2.45, 2.75) is 43.3 Å². The Morgan fingerprint density at radius 3 is 2.08 bits per heavy atom. The molecule has 0 radical (unpaired) electrons. The zero-order valence-corrected chi connectivity index (χ0v) is 19.2. The summed E-state index contributed by atoms with van der Waals surface area (Å²) >= 11 is 5.57. The number of alkyl halides is 6. The van der Waals surface area contributed by atoms with Gasteiger partial charge in [0.25, 0.3) is 11.8 Å². The number of aromatic nitrogens is 1. The van der Waals surface area contributed by atoms with Gasteiger partial charge in [-0.1, -0.05) is 11.6 Å². The van der Waals surface area contributed by atoms with Crippen LogP contribution in [0.5, 0.6) is 11.5 Å². The van der Waals surface area contributed by atoms with Gasteiger partial charge in [0, 0.05) is 29.2 Å². The second kappa shape index (κ2) is 8.92. The number of amides is 2. The molecular formula is C22H17ClF7N3O4. The third kappa shape index (κ3) is 5.38. The number of carbonyl (C=O) groups is 2. The van der Waals surface area contributed by atoms with Gasteiger partial charge in [0.2, 0.25) is 0 Å². The highest BCUT2D eigenvalue weighted by Gasteiger charge is 2.73. The minimum Gasteiger partial charge on any atom is -0.484 e. The van der Waals surface area contributed by atoms with E-state index in [9.17, 15) is 40.3 Å². The summed E-state index contributed by atoms with van der Waals surface area (Å²) < 4.78 is 102. The number of hydrogen-bond donors (Lipinski definition) is 2. The molecule has 0 saturated heterocycles. The highest BCUT2D eigenvalue weighted by molar-refractivity contribution is 6.30. The highest BCUT2D eigenvalue weighted by atomic mass is 35.5. The number of rotatable bonds is 8. The first-order valence-electron chi connectivity index (χ1n) is 10.5. The van der Waals surface area contributed by atoms with Crippen LogP contribution < -0.4 is 20.5 Å². The Morgan fingerprint density at radius 2 is 1.59 bits per heavy atom. The van der Waals surface area contributed by atoms with E-state index in [0.717, 1.165) is 6.07 Å². The summed E-state index contributed by atoms with van der Waals surface area (Å²) in [7, 11) is 0. The zero-order valence-electron chi connectivity index (χ0n) is 18.5. The molecule has 2 aromatic rings. The van der Waals surface area contributed by atoms with Crippen molar-refractivity contribution < 1.29 is 49.8 Å². The van der Waals surface area contributed by atoms with Crippen molar-refractivity contribution in [3.05, 3.63) is 52.6 Å². The Labute approximate surface area is 209 Å². The maximum absolute atomic E-state index is 13.5. The minimum absolute atomic E-state index is 0.0575. The van der Waals surface area contributed by atoms with E-state index in [2.05, 4.69) is 10.3 Å². The fraction of sp³-hybridized carbons (Fsp3) is 0.409. The van der Waals surface area contributed by atoms with Gasteiger partial charge in [0.15, 0.2) is 12.7 Å². The van der Waals surface area contributed by atoms with E-state index in [1.165, 1.54) is 12.1 Å². The molecule has 1 atom stereocenters. The summed E-state index contributed by atoms with van der Waals surface area (Å²) in [5, 5.41) is 2.57. The molecule has 200 valence electrons. The van der Waals surface area contributed by atoms with Crippen LogP contribution in [0.3, 0.4) is 0 Å². The smallest absolute Gasteiger partial charge is 0.433 e. The van der Waals surface area contributed by atoms with Crippen molar-refractivity contribution >= 4 is 23.4 Å². The molecule has 3 aliphatic rings. The van der Waals surface area contributed by atoms with Crippen molar-refractivity contribution in [1.29, 1.82) is 0 Å². The number of nitrogens with one attached hydrogen (secondary N) is 1. The second-order valence-electron chi connectivity index (χ2n) is 9.05. The zero-order chi connectivity index (χ0) is 27.4. The number of carbonyl (C=O) groups excluding carboxylic acids is 2. The average Bonchev–Trinajstić information content (AvgIpc) is 2.73. The average molecular weight is 556 g/mol. The molecule has 1 heterocycles. The Bertz CT molecular complexity index is 1200. The van der Waals surface area contributed by atoms with Crippen molar-refractivity contribution in [2.75, 3.05) is 6.61 Å². The molecule has 0 aliphatic heterocycles. The lowest BCUT2D eigenvalue weighted by Gasteiger charge is -2.71. The van der Waals surface area contributed by atoms with Gasteiger partial charge in [-0.2, -0.15) is 26.3 Å². The molecule has 2 amide bonds. The molecule has 3 aliphatic carbocycles. The third-order valence-corrected chi connectivity index (χ3v) is 6.49. The van der Waals surface area contributed by atoms with Crippen molar-refractivity contribution in [1.82, 2.24) is 10.3 Å². The monoisotopic (exact) mass is 555 g/mol. The summed E-state index contributed by atoms with van der Waals surface area (Å²) in [6.45, 7) is -0.469. The molecule has 37 heavy (non-hydrogen) atoms. The van der Waals surface area contributed by atoms with E-state index >= 15 is 0 Å². The van der Waals surface area contributed by atoms with E-state index in [-0.39, 0.29) is 42.2 Å². The molecule has 5 rings (SSSR count). The van der Waals surface area contributed by atoms with E-state index in [4.69, 9.17) is 26.8 Å². The summed E-state index contributed by atoms with van der Waals surface area (Å²) in [5.41, 5.74) is -0.0849. The highest BCUT2D eigenvalue weighted by Crippen LogP contribution is 2.69. The molecule has 3 N–H and O–H groups in total. The summed E-state index contributed by atoms with van der Waals surface area (Å²) in [5.74, 6) is -3.21. The number of hydrogen-bond acceptors (Lipinski definition) is 5. The SMILES string of the molecule is NC(=O)C(Oc1cc(C(F)(F)F)nc(C(F)(F)F)c1)C12CC(NC(=O)COc3ccc(Cl)c(F)c3)(C1)C2. The number of nitrogens with zero attached hydrogens (tertiary/aromatic N) is 1. The summed E-state index contributed by atoms with van der Waals surface area (Å²) in [6.07, 6.45) is -11.5. The van der Waals surface area contributed by atoms with Crippen LogP contribution in [0.15, 0.2) is 30.3 Å². The lowest BCUT2D eigenvalue weighted by Crippen LogP contribution is -2.80. The van der Waals surface area contributed by atoms with Gasteiger partial charge in [-0.05, 0) is 31.4 Å². The van der Waals surface area contributed by atoms with Crippen LogP contribution >= 0.6 is 11.6 Å². The Balaban J connectivity index is 1.41. The van der Waals surface area contributed by atoms with Crippen LogP contribution in [-0.2, 0) is 21.9 Å². The maximum atomic E-state index is 13.5. The van der Waals surface area contributed by atoms with E-state index < -0.39 is 70.8 Å². The first kappa shape index (κ1) is 26.8. The van der Waals surface area contributed by atoms with Gasteiger partial charge in [0.1, 0.15) is 28.7 Å². The minimum atomic E-state index is -5.20. The van der Waals surface area contributed by atoms with E-state index in [0.29, 0.717) is 0 Å². The molecule has 2 bridgehead atoms. The third-order valence-electron chi connectivity index (χ3n) is 6.19. The summed E-state index contributed by atoms with van der Waals surface area (Å²) in [6, 6.07) is 4.11. The topological polar surface area (TPSA) is 104 Å². The predicted molar refractivity (Wildman–Crippen MR) is 112 cm³/mol. The van der Waals surface area contributed by atoms with Crippen LogP contribution in [0.1, 0.15) is 30.7 Å². The molecule has 1 aromatic heterocycles. The molecule has 1 unspecified atom stereocenters. The number of ether oxygens (including phenoxy) is 2. The standard InChI is InChI=1S/C22H17ClF7N3O4/c23-12-2-1-10(3-13(12)24)36-6-16(34)33-20-7-19(8-20,9-20)17(18(31)35)37-11-4-14(21(25,26)27)32-15(5-11)22(28,29)30/h1-5,17H,6-9H2,(H2,31,35)(H,33,34). The van der Waals surface area contributed by atoms with Crippen LogP contribution in [0.4, 0.5) is 30.7 Å². The van der Waals surface area contributed by atoms with Crippen LogP contribution in [-0.4, -0.2) is 35.0 Å². The molecule has 1 aromatic carbocycles. The van der Waals surface area contributed by atoms with Crippen LogP contribution in [0.2, 0.25) is 5.02 Å². The van der Waals surface area contributed by atoms with Crippen LogP contribution in [0, 0.1) is 11.2 Å². The Kier molecular flexibility index (Phi) is 6.46. The van der Waals surface area contributed by atoms with E-state index in [1.807, 2.05) is 0 Å². The van der Waals surface area contributed by atoms with Gasteiger partial charge < -0.3 is 20.5 Å². The largest absolute Gasteiger partial charge is 0.484 e. The molecule has 7 nitrogen and oxygen atoms in total. The first-order valence-corrected chi connectivity index (χ1v) is 10.9. The molecule has 3 saturated carbocycles. The molecular weight excluding hydrogens is 539 g/mol. The van der Waals surface area contributed by atoms with Gasteiger partial charge in [-0.15, -0.1) is 0 Å². The number of benzene rings is 1. The predicted octanol–water partition coefficient (Wildman–Crippen LogP) is 4.26. The number of pyridine rings is 1. The molecule has 3 fully saturated rings. The van der Waals surface area contributed by atoms with Crippen molar-refractivity contribution in [3.63, 3.8) is 0 Å². The van der Waals surface area contributed by atoms with Crippen molar-refractivity contribution in [3.8, 4) is 11.5 Å².